The number of aryl methyl sites for hydroxylation is 1. The molecule has 2 aromatic heterocycles. The van der Waals surface area contributed by atoms with Gasteiger partial charge in [0, 0.05) is 53.7 Å². The van der Waals surface area contributed by atoms with E-state index in [1.165, 1.54) is 17.7 Å². The molecule has 2 unspecified atom stereocenters. The van der Waals surface area contributed by atoms with Crippen LogP contribution in [0, 0.1) is 0 Å². The molecule has 1 fully saturated rings. The SMILES string of the molecule is Cl.Cn1c2c(c3cc(S(=O)(=O)c4ccnc5ccccc45)ccc31)C1CCC(C2)N1. The van der Waals surface area contributed by atoms with Gasteiger partial charge in [-0.1, -0.05) is 18.2 Å². The van der Waals surface area contributed by atoms with Gasteiger partial charge in [-0.05, 0) is 48.7 Å². The lowest BCUT2D eigenvalue weighted by Gasteiger charge is -2.23. The van der Waals surface area contributed by atoms with E-state index in [-0.39, 0.29) is 12.4 Å². The Balaban J connectivity index is 0.00000193. The van der Waals surface area contributed by atoms with Crippen molar-refractivity contribution in [2.75, 3.05) is 0 Å². The number of sulfone groups is 1. The average molecular weight is 440 g/mol. The molecule has 0 aliphatic carbocycles. The smallest absolute Gasteiger partial charge is 0.207 e. The minimum atomic E-state index is -3.66. The molecule has 5 nitrogen and oxygen atoms in total. The van der Waals surface area contributed by atoms with E-state index in [0.29, 0.717) is 32.8 Å². The van der Waals surface area contributed by atoms with Crippen molar-refractivity contribution in [2.24, 2.45) is 7.05 Å². The van der Waals surface area contributed by atoms with E-state index in [2.05, 4.69) is 21.9 Å². The number of aromatic nitrogens is 2. The summed E-state index contributed by atoms with van der Waals surface area (Å²) >= 11 is 0. The van der Waals surface area contributed by atoms with E-state index in [1.54, 1.807) is 18.3 Å². The second kappa shape index (κ2) is 6.80. The Morgan fingerprint density at radius 1 is 1.07 bits per heavy atom. The number of hydrogen-bond acceptors (Lipinski definition) is 4. The summed E-state index contributed by atoms with van der Waals surface area (Å²) in [6.45, 7) is 0. The lowest BCUT2D eigenvalue weighted by molar-refractivity contribution is 0.503. The number of para-hydroxylation sites is 1. The highest BCUT2D eigenvalue weighted by Crippen LogP contribution is 2.42. The van der Waals surface area contributed by atoms with Gasteiger partial charge in [0.2, 0.25) is 9.84 Å². The normalized spacial score (nSPS) is 20.3. The summed E-state index contributed by atoms with van der Waals surface area (Å²) in [5.74, 6) is 0. The van der Waals surface area contributed by atoms with Crippen LogP contribution >= 0.6 is 12.4 Å². The second-order valence-electron chi connectivity index (χ2n) is 8.13. The maximum atomic E-state index is 13.6. The van der Waals surface area contributed by atoms with Crippen LogP contribution in [-0.2, 0) is 23.3 Å². The van der Waals surface area contributed by atoms with Crippen molar-refractivity contribution in [3.8, 4) is 0 Å². The third-order valence-electron chi connectivity index (χ3n) is 6.57. The van der Waals surface area contributed by atoms with Gasteiger partial charge in [-0.15, -0.1) is 12.4 Å². The first-order chi connectivity index (χ1) is 14.0. The highest BCUT2D eigenvalue weighted by Gasteiger charge is 2.36. The number of rotatable bonds is 2. The molecule has 2 aliphatic rings. The molecule has 0 spiro atoms. The Hall–Kier alpha value is -2.41. The van der Waals surface area contributed by atoms with E-state index in [4.69, 9.17) is 0 Å². The standard InChI is InChI=1S/C23H21N3O2S.ClH/c1-26-20-9-7-15(13-17(20)23-19-8-6-14(25-19)12-21(23)26)29(27,28)22-10-11-24-18-5-3-2-4-16(18)22;/h2-5,7,9-11,13-14,19,25H,6,8,12H2,1H3;1H. The third-order valence-corrected chi connectivity index (χ3v) is 8.38. The van der Waals surface area contributed by atoms with Crippen LogP contribution in [0.3, 0.4) is 0 Å². The summed E-state index contributed by atoms with van der Waals surface area (Å²) in [4.78, 5) is 4.96. The van der Waals surface area contributed by atoms with Crippen LogP contribution in [0.15, 0.2) is 64.5 Å². The molecule has 4 heterocycles. The van der Waals surface area contributed by atoms with Crippen LogP contribution in [-0.4, -0.2) is 24.0 Å². The maximum absolute atomic E-state index is 13.6. The van der Waals surface area contributed by atoms with Crippen molar-refractivity contribution in [1.29, 1.82) is 0 Å². The Bertz CT molecular complexity index is 1410. The van der Waals surface area contributed by atoms with Crippen LogP contribution in [0.25, 0.3) is 21.8 Å². The predicted octanol–water partition coefficient (Wildman–Crippen LogP) is 4.33. The van der Waals surface area contributed by atoms with Gasteiger partial charge in [0.15, 0.2) is 0 Å². The van der Waals surface area contributed by atoms with Gasteiger partial charge in [-0.3, -0.25) is 4.98 Å². The minimum absolute atomic E-state index is 0. The topological polar surface area (TPSA) is 64.0 Å². The molecule has 2 aromatic carbocycles. The molecule has 0 saturated carbocycles. The molecule has 0 radical (unpaired) electrons. The van der Waals surface area contributed by atoms with E-state index >= 15 is 0 Å². The maximum Gasteiger partial charge on any atom is 0.207 e. The number of pyridine rings is 1. The van der Waals surface area contributed by atoms with Crippen molar-refractivity contribution < 1.29 is 8.42 Å². The zero-order valence-electron chi connectivity index (χ0n) is 16.5. The van der Waals surface area contributed by atoms with Crippen molar-refractivity contribution in [1.82, 2.24) is 14.9 Å². The number of nitrogens with one attached hydrogen (secondary N) is 1. The fourth-order valence-electron chi connectivity index (χ4n) is 5.18. The van der Waals surface area contributed by atoms with Gasteiger partial charge in [-0.25, -0.2) is 8.42 Å². The van der Waals surface area contributed by atoms with E-state index in [1.807, 2.05) is 36.4 Å². The lowest BCUT2D eigenvalue weighted by atomic mass is 9.99. The summed E-state index contributed by atoms with van der Waals surface area (Å²) in [6.07, 6.45) is 4.87. The van der Waals surface area contributed by atoms with Gasteiger partial charge in [-0.2, -0.15) is 0 Å². The number of benzene rings is 2. The van der Waals surface area contributed by atoms with Gasteiger partial charge in [0.25, 0.3) is 0 Å². The highest BCUT2D eigenvalue weighted by atomic mass is 35.5. The second-order valence-corrected chi connectivity index (χ2v) is 10.0. The Labute approximate surface area is 181 Å². The summed E-state index contributed by atoms with van der Waals surface area (Å²) in [5.41, 5.74) is 4.42. The summed E-state index contributed by atoms with van der Waals surface area (Å²) < 4.78 is 29.4. The lowest BCUT2D eigenvalue weighted by Crippen LogP contribution is -2.32. The van der Waals surface area contributed by atoms with Gasteiger partial charge < -0.3 is 9.88 Å². The predicted molar refractivity (Wildman–Crippen MR) is 120 cm³/mol. The average Bonchev–Trinajstić information content (AvgIpc) is 3.26. The molecule has 2 aliphatic heterocycles. The summed E-state index contributed by atoms with van der Waals surface area (Å²) in [5, 5.41) is 5.41. The van der Waals surface area contributed by atoms with E-state index < -0.39 is 9.84 Å². The van der Waals surface area contributed by atoms with Crippen LogP contribution in [0.4, 0.5) is 0 Å². The van der Waals surface area contributed by atoms with Gasteiger partial charge in [0.1, 0.15) is 0 Å². The number of halogens is 1. The molecule has 0 amide bonds. The first-order valence-electron chi connectivity index (χ1n) is 10.00. The molecule has 2 atom stereocenters. The molecule has 6 rings (SSSR count). The van der Waals surface area contributed by atoms with Crippen molar-refractivity contribution in [3.63, 3.8) is 0 Å². The van der Waals surface area contributed by atoms with Crippen LogP contribution < -0.4 is 5.32 Å². The Morgan fingerprint density at radius 2 is 1.90 bits per heavy atom. The molecule has 30 heavy (non-hydrogen) atoms. The molecule has 1 saturated heterocycles. The number of fused-ring (bicyclic) bond motifs is 7. The molecule has 1 N–H and O–H groups in total. The molecular weight excluding hydrogens is 418 g/mol. The van der Waals surface area contributed by atoms with Crippen LogP contribution in [0.5, 0.6) is 0 Å². The van der Waals surface area contributed by atoms with Gasteiger partial charge in [0.05, 0.1) is 15.3 Å². The fourth-order valence-corrected chi connectivity index (χ4v) is 6.66. The largest absolute Gasteiger partial charge is 0.347 e. The molecule has 2 bridgehead atoms. The molecule has 4 aromatic rings. The van der Waals surface area contributed by atoms with Crippen LogP contribution in [0.2, 0.25) is 0 Å². The number of hydrogen-bond donors (Lipinski definition) is 1. The third kappa shape index (κ3) is 2.64. The van der Waals surface area contributed by atoms with Crippen molar-refractivity contribution in [3.05, 3.63) is 66.0 Å². The number of nitrogens with zero attached hydrogens (tertiary/aromatic N) is 2. The first kappa shape index (κ1) is 19.5. The first-order valence-corrected chi connectivity index (χ1v) is 11.5. The molecule has 7 heteroatoms. The van der Waals surface area contributed by atoms with Crippen LogP contribution in [0.1, 0.15) is 30.1 Å². The van der Waals surface area contributed by atoms with Crippen molar-refractivity contribution in [2.45, 2.75) is 41.1 Å². The van der Waals surface area contributed by atoms with Crippen molar-refractivity contribution >= 4 is 44.1 Å². The van der Waals surface area contributed by atoms with E-state index in [0.717, 1.165) is 23.7 Å². The summed E-state index contributed by atoms with van der Waals surface area (Å²) in [7, 11) is -1.56. The molecule has 154 valence electrons. The Kier molecular flexibility index (Phi) is 4.43. The van der Waals surface area contributed by atoms with E-state index in [9.17, 15) is 8.42 Å². The minimum Gasteiger partial charge on any atom is -0.347 e. The summed E-state index contributed by atoms with van der Waals surface area (Å²) in [6, 6.07) is 15.4. The zero-order chi connectivity index (χ0) is 19.8. The zero-order valence-corrected chi connectivity index (χ0v) is 18.1. The Morgan fingerprint density at radius 3 is 2.77 bits per heavy atom. The molecular formula is C23H22ClN3O2S. The quantitative estimate of drug-likeness (QED) is 0.505. The fraction of sp³-hybridized carbons (Fsp3) is 0.261. The van der Waals surface area contributed by atoms with Gasteiger partial charge >= 0.3 is 0 Å². The highest BCUT2D eigenvalue weighted by molar-refractivity contribution is 7.91. The monoisotopic (exact) mass is 439 g/mol.